The van der Waals surface area contributed by atoms with Gasteiger partial charge >= 0.3 is 0 Å². The Kier molecular flexibility index (Phi) is 5.99. The molecule has 0 aliphatic heterocycles. The number of carbonyl (C=O) groups is 2. The summed E-state index contributed by atoms with van der Waals surface area (Å²) in [6.45, 7) is 9.38. The van der Waals surface area contributed by atoms with E-state index in [1.165, 1.54) is 25.1 Å². The molecule has 0 fully saturated rings. The number of hydrogen-bond donors (Lipinski definition) is 2. The van der Waals surface area contributed by atoms with Gasteiger partial charge in [0.25, 0.3) is 5.91 Å². The summed E-state index contributed by atoms with van der Waals surface area (Å²) in [5.41, 5.74) is 2.89. The van der Waals surface area contributed by atoms with E-state index in [0.717, 1.165) is 15.3 Å². The Hall–Kier alpha value is -3.59. The number of anilines is 2. The summed E-state index contributed by atoms with van der Waals surface area (Å²) in [6, 6.07) is 7.82. The van der Waals surface area contributed by atoms with Gasteiger partial charge in [0.1, 0.15) is 5.82 Å². The zero-order chi connectivity index (χ0) is 23.9. The molecule has 0 aliphatic rings. The SMILES string of the molecule is CC(=O)Nc1ccc(F)c(NC(=O)c2cc(-c3cc(C)sc3C)nc3c2cnn3C(C)C)c1. The van der Waals surface area contributed by atoms with Crippen LogP contribution in [0.1, 0.15) is 46.9 Å². The molecule has 3 aromatic heterocycles. The Labute approximate surface area is 194 Å². The molecule has 2 N–H and O–H groups in total. The number of nitrogens with zero attached hydrogens (tertiary/aromatic N) is 3. The molecule has 1 aromatic carbocycles. The molecule has 4 rings (SSSR count). The lowest BCUT2D eigenvalue weighted by Crippen LogP contribution is -2.15. The molecule has 0 spiro atoms. The van der Waals surface area contributed by atoms with Crippen molar-refractivity contribution in [1.29, 1.82) is 0 Å². The van der Waals surface area contributed by atoms with Crippen LogP contribution in [0.4, 0.5) is 15.8 Å². The summed E-state index contributed by atoms with van der Waals surface area (Å²) in [5.74, 6) is -1.39. The van der Waals surface area contributed by atoms with Crippen LogP contribution in [0, 0.1) is 19.7 Å². The van der Waals surface area contributed by atoms with E-state index in [1.54, 1.807) is 28.3 Å². The van der Waals surface area contributed by atoms with Crippen molar-refractivity contribution in [3.8, 4) is 11.3 Å². The predicted octanol–water partition coefficient (Wildman–Crippen LogP) is 5.71. The van der Waals surface area contributed by atoms with Crippen LogP contribution in [0.25, 0.3) is 22.3 Å². The zero-order valence-electron chi connectivity index (χ0n) is 19.0. The second-order valence-electron chi connectivity index (χ2n) is 8.13. The van der Waals surface area contributed by atoms with Crippen LogP contribution in [0.3, 0.4) is 0 Å². The molecular formula is C24H24FN5O2S. The number of fused-ring (bicyclic) bond motifs is 1. The zero-order valence-corrected chi connectivity index (χ0v) is 19.8. The summed E-state index contributed by atoms with van der Waals surface area (Å²) in [5, 5.41) is 10.2. The van der Waals surface area contributed by atoms with E-state index in [0.29, 0.717) is 28.0 Å². The van der Waals surface area contributed by atoms with E-state index < -0.39 is 11.7 Å². The lowest BCUT2D eigenvalue weighted by atomic mass is 10.1. The van der Waals surface area contributed by atoms with E-state index in [2.05, 4.69) is 15.7 Å². The minimum Gasteiger partial charge on any atom is -0.326 e. The van der Waals surface area contributed by atoms with Crippen LogP contribution in [-0.4, -0.2) is 26.6 Å². The van der Waals surface area contributed by atoms with Gasteiger partial charge in [-0.1, -0.05) is 0 Å². The quantitative estimate of drug-likeness (QED) is 0.395. The molecule has 0 radical (unpaired) electrons. The summed E-state index contributed by atoms with van der Waals surface area (Å²) in [4.78, 5) is 31.7. The van der Waals surface area contributed by atoms with Crippen molar-refractivity contribution in [3.05, 3.63) is 57.7 Å². The Morgan fingerprint density at radius 3 is 2.52 bits per heavy atom. The normalized spacial score (nSPS) is 11.2. The first-order valence-electron chi connectivity index (χ1n) is 10.5. The number of thiophene rings is 1. The minimum absolute atomic E-state index is 0.0310. The number of hydrogen-bond acceptors (Lipinski definition) is 5. The number of pyridine rings is 1. The van der Waals surface area contributed by atoms with Crippen molar-refractivity contribution in [2.24, 2.45) is 0 Å². The third kappa shape index (κ3) is 4.49. The summed E-state index contributed by atoms with van der Waals surface area (Å²) in [6.07, 6.45) is 1.61. The third-order valence-corrected chi connectivity index (χ3v) is 6.12. The monoisotopic (exact) mass is 465 g/mol. The fourth-order valence-corrected chi connectivity index (χ4v) is 4.63. The minimum atomic E-state index is -0.606. The average Bonchev–Trinajstić information content (AvgIpc) is 3.31. The number of amides is 2. The first kappa shape index (κ1) is 22.6. The number of aromatic nitrogens is 3. The molecule has 0 bridgehead atoms. The van der Waals surface area contributed by atoms with Crippen molar-refractivity contribution in [3.63, 3.8) is 0 Å². The van der Waals surface area contributed by atoms with Crippen LogP contribution in [0.2, 0.25) is 0 Å². The number of rotatable bonds is 5. The van der Waals surface area contributed by atoms with E-state index in [1.807, 2.05) is 33.8 Å². The highest BCUT2D eigenvalue weighted by atomic mass is 32.1. The van der Waals surface area contributed by atoms with Crippen molar-refractivity contribution in [2.45, 2.75) is 40.7 Å². The maximum absolute atomic E-state index is 14.5. The van der Waals surface area contributed by atoms with E-state index in [-0.39, 0.29) is 17.6 Å². The van der Waals surface area contributed by atoms with Crippen molar-refractivity contribution in [2.75, 3.05) is 10.6 Å². The van der Waals surface area contributed by atoms with Gasteiger partial charge in [-0.2, -0.15) is 5.10 Å². The molecule has 9 heteroatoms. The van der Waals surface area contributed by atoms with Crippen molar-refractivity contribution < 1.29 is 14.0 Å². The number of aryl methyl sites for hydroxylation is 2. The van der Waals surface area contributed by atoms with Crippen LogP contribution < -0.4 is 10.6 Å². The molecule has 0 aliphatic carbocycles. The maximum atomic E-state index is 14.5. The number of halogens is 1. The molecule has 0 atom stereocenters. The third-order valence-electron chi connectivity index (χ3n) is 5.15. The van der Waals surface area contributed by atoms with Gasteiger partial charge in [-0.3, -0.25) is 9.59 Å². The number of nitrogens with one attached hydrogen (secondary N) is 2. The molecule has 7 nitrogen and oxygen atoms in total. The van der Waals surface area contributed by atoms with Crippen LogP contribution in [-0.2, 0) is 4.79 Å². The van der Waals surface area contributed by atoms with E-state index in [9.17, 15) is 14.0 Å². The second kappa shape index (κ2) is 8.74. The molecular weight excluding hydrogens is 441 g/mol. The summed E-state index contributed by atoms with van der Waals surface area (Å²) >= 11 is 1.66. The van der Waals surface area contributed by atoms with Gasteiger partial charge in [0, 0.05) is 34.0 Å². The standard InChI is InChI=1S/C24H24FN5O2S/c1-12(2)30-23-19(11-26-30)18(10-21(28-23)17-8-13(3)33-14(17)4)24(32)29-22-9-16(27-15(5)31)6-7-20(22)25/h6-12H,1-5H3,(H,27,31)(H,29,32). The Bertz CT molecular complexity index is 1390. The first-order chi connectivity index (χ1) is 15.6. The van der Waals surface area contributed by atoms with Gasteiger partial charge in [0.2, 0.25) is 5.91 Å². The van der Waals surface area contributed by atoms with Gasteiger partial charge in [-0.05, 0) is 58.0 Å². The highest BCUT2D eigenvalue weighted by molar-refractivity contribution is 7.12. The topological polar surface area (TPSA) is 88.9 Å². The smallest absolute Gasteiger partial charge is 0.256 e. The van der Waals surface area contributed by atoms with Crippen LogP contribution in [0.15, 0.2) is 36.5 Å². The van der Waals surface area contributed by atoms with Gasteiger partial charge < -0.3 is 10.6 Å². The molecule has 0 unspecified atom stereocenters. The largest absolute Gasteiger partial charge is 0.326 e. The molecule has 0 saturated heterocycles. The van der Waals surface area contributed by atoms with E-state index in [4.69, 9.17) is 4.98 Å². The van der Waals surface area contributed by atoms with Gasteiger partial charge in [0.05, 0.1) is 28.5 Å². The number of benzene rings is 1. The first-order valence-corrected chi connectivity index (χ1v) is 11.3. The lowest BCUT2D eigenvalue weighted by Gasteiger charge is -2.12. The molecule has 3 heterocycles. The fraction of sp³-hybridized carbons (Fsp3) is 0.250. The maximum Gasteiger partial charge on any atom is 0.256 e. The molecule has 2 amide bonds. The van der Waals surface area contributed by atoms with Gasteiger partial charge in [-0.15, -0.1) is 11.3 Å². The highest BCUT2D eigenvalue weighted by Crippen LogP contribution is 2.33. The van der Waals surface area contributed by atoms with Crippen LogP contribution >= 0.6 is 11.3 Å². The number of carbonyl (C=O) groups excluding carboxylic acids is 2. The van der Waals surface area contributed by atoms with Gasteiger partial charge in [0.15, 0.2) is 5.65 Å². The summed E-state index contributed by atoms with van der Waals surface area (Å²) in [7, 11) is 0. The fourth-order valence-electron chi connectivity index (χ4n) is 3.70. The molecule has 4 aromatic rings. The Balaban J connectivity index is 1.82. The molecule has 33 heavy (non-hydrogen) atoms. The highest BCUT2D eigenvalue weighted by Gasteiger charge is 2.21. The average molecular weight is 466 g/mol. The summed E-state index contributed by atoms with van der Waals surface area (Å²) < 4.78 is 16.2. The van der Waals surface area contributed by atoms with Crippen LogP contribution in [0.5, 0.6) is 0 Å². The Morgan fingerprint density at radius 2 is 1.88 bits per heavy atom. The molecule has 170 valence electrons. The molecule has 0 saturated carbocycles. The Morgan fingerprint density at radius 1 is 1.12 bits per heavy atom. The van der Waals surface area contributed by atoms with E-state index >= 15 is 0 Å². The predicted molar refractivity (Wildman–Crippen MR) is 129 cm³/mol. The lowest BCUT2D eigenvalue weighted by molar-refractivity contribution is -0.114. The second-order valence-corrected chi connectivity index (χ2v) is 9.59. The van der Waals surface area contributed by atoms with Crippen molar-refractivity contribution >= 4 is 45.6 Å². The van der Waals surface area contributed by atoms with Crippen molar-refractivity contribution in [1.82, 2.24) is 14.8 Å². The van der Waals surface area contributed by atoms with Gasteiger partial charge in [-0.25, -0.2) is 14.1 Å².